The topological polar surface area (TPSA) is 110 Å². The second-order valence-electron chi connectivity index (χ2n) is 6.41. The first-order chi connectivity index (χ1) is 13.6. The lowest BCUT2D eigenvalue weighted by atomic mass is 10.2. The zero-order valence-electron chi connectivity index (χ0n) is 15.5. The summed E-state index contributed by atoms with van der Waals surface area (Å²) in [5, 5.41) is 2.43. The van der Waals surface area contributed by atoms with E-state index in [1.165, 1.54) is 28.6 Å². The Morgan fingerprint density at radius 3 is 2.17 bits per heavy atom. The number of nitrogens with zero attached hydrogens (tertiary/aromatic N) is 1. The zero-order valence-corrected chi connectivity index (χ0v) is 17.1. The molecule has 0 aromatic heterocycles. The molecule has 0 bridgehead atoms. The largest absolute Gasteiger partial charge is 0.379 e. The van der Waals surface area contributed by atoms with Crippen molar-refractivity contribution >= 4 is 31.5 Å². The number of sulfone groups is 1. The first-order valence-corrected chi connectivity index (χ1v) is 11.9. The Kier molecular flexibility index (Phi) is 6.03. The van der Waals surface area contributed by atoms with Crippen LogP contribution in [0, 0.1) is 5.82 Å². The van der Waals surface area contributed by atoms with E-state index in [1.54, 1.807) is 0 Å². The van der Waals surface area contributed by atoms with E-state index in [0.717, 1.165) is 24.5 Å². The van der Waals surface area contributed by atoms with Gasteiger partial charge < -0.3 is 10.1 Å². The van der Waals surface area contributed by atoms with Gasteiger partial charge in [0.1, 0.15) is 5.82 Å². The molecule has 0 radical (unpaired) electrons. The number of hydrogen-bond acceptors (Lipinski definition) is 6. The van der Waals surface area contributed by atoms with Crippen molar-refractivity contribution in [3.63, 3.8) is 0 Å². The molecule has 1 aliphatic rings. The third-order valence-corrected chi connectivity index (χ3v) is 7.35. The van der Waals surface area contributed by atoms with Gasteiger partial charge in [0.25, 0.3) is 5.91 Å². The van der Waals surface area contributed by atoms with E-state index in [2.05, 4.69) is 5.32 Å². The number of hydrogen-bond donors (Lipinski definition) is 1. The highest BCUT2D eigenvalue weighted by Gasteiger charge is 2.28. The maximum Gasteiger partial charge on any atom is 0.258 e. The molecule has 1 N–H and O–H groups in total. The van der Waals surface area contributed by atoms with Crippen LogP contribution in [0.5, 0.6) is 0 Å². The summed E-state index contributed by atoms with van der Waals surface area (Å²) in [4.78, 5) is 12.3. The fourth-order valence-corrected chi connectivity index (χ4v) is 4.82. The molecular weight excluding hydrogens is 423 g/mol. The van der Waals surface area contributed by atoms with Crippen LogP contribution in [0.15, 0.2) is 52.3 Å². The van der Waals surface area contributed by atoms with Crippen LogP contribution in [-0.4, -0.2) is 59.6 Å². The van der Waals surface area contributed by atoms with Crippen molar-refractivity contribution < 1.29 is 30.8 Å². The van der Waals surface area contributed by atoms with Crippen LogP contribution in [0.3, 0.4) is 0 Å². The van der Waals surface area contributed by atoms with Crippen molar-refractivity contribution in [1.82, 2.24) is 4.31 Å². The van der Waals surface area contributed by atoms with Gasteiger partial charge >= 0.3 is 0 Å². The number of sulfonamides is 1. The van der Waals surface area contributed by atoms with Gasteiger partial charge in [0, 0.05) is 25.0 Å². The molecule has 2 aromatic carbocycles. The highest BCUT2D eigenvalue weighted by Crippen LogP contribution is 2.22. The minimum atomic E-state index is -3.89. The number of amides is 1. The average molecular weight is 442 g/mol. The molecule has 0 aliphatic carbocycles. The van der Waals surface area contributed by atoms with E-state index in [4.69, 9.17) is 4.74 Å². The highest BCUT2D eigenvalue weighted by atomic mass is 32.2. The Morgan fingerprint density at radius 2 is 1.59 bits per heavy atom. The second-order valence-corrected chi connectivity index (χ2v) is 10.4. The van der Waals surface area contributed by atoms with Crippen molar-refractivity contribution in [3.05, 3.63) is 53.8 Å². The molecule has 1 aliphatic heterocycles. The first-order valence-electron chi connectivity index (χ1n) is 8.58. The number of rotatable bonds is 5. The Bertz CT molecular complexity index is 1130. The molecule has 0 unspecified atom stereocenters. The van der Waals surface area contributed by atoms with Gasteiger partial charge in [-0.3, -0.25) is 4.79 Å². The molecule has 2 aromatic rings. The zero-order chi connectivity index (χ0) is 21.2. The number of carbonyl (C=O) groups is 1. The van der Waals surface area contributed by atoms with Gasteiger partial charge in [-0.25, -0.2) is 21.2 Å². The predicted octanol–water partition coefficient (Wildman–Crippen LogP) is 1.50. The molecule has 1 heterocycles. The van der Waals surface area contributed by atoms with Gasteiger partial charge in [-0.15, -0.1) is 0 Å². The molecule has 156 valence electrons. The van der Waals surface area contributed by atoms with Crippen LogP contribution in [0.4, 0.5) is 10.1 Å². The fraction of sp³-hybridized carbons (Fsp3) is 0.278. The number of benzene rings is 2. The third kappa shape index (κ3) is 4.81. The number of ether oxygens (including phenoxy) is 1. The van der Waals surface area contributed by atoms with Crippen LogP contribution < -0.4 is 5.32 Å². The van der Waals surface area contributed by atoms with E-state index in [9.17, 15) is 26.0 Å². The minimum absolute atomic E-state index is 0.0697. The summed E-state index contributed by atoms with van der Waals surface area (Å²) >= 11 is 0. The first kappa shape index (κ1) is 21.4. The average Bonchev–Trinajstić information content (AvgIpc) is 2.68. The molecule has 0 atom stereocenters. The minimum Gasteiger partial charge on any atom is -0.379 e. The quantitative estimate of drug-likeness (QED) is 0.752. The van der Waals surface area contributed by atoms with Crippen molar-refractivity contribution in [2.75, 3.05) is 37.9 Å². The van der Waals surface area contributed by atoms with Crippen molar-refractivity contribution in [1.29, 1.82) is 0 Å². The number of carbonyl (C=O) groups excluding carboxylic acids is 1. The summed E-state index contributed by atoms with van der Waals surface area (Å²) in [6, 6.07) is 8.36. The fourth-order valence-electron chi connectivity index (χ4n) is 2.76. The highest BCUT2D eigenvalue weighted by molar-refractivity contribution is 7.90. The van der Waals surface area contributed by atoms with Gasteiger partial charge in [-0.1, -0.05) is 0 Å². The van der Waals surface area contributed by atoms with Crippen LogP contribution >= 0.6 is 0 Å². The van der Waals surface area contributed by atoms with Gasteiger partial charge in [-0.05, 0) is 42.5 Å². The molecule has 1 saturated heterocycles. The van der Waals surface area contributed by atoms with Crippen LogP contribution in [0.25, 0.3) is 0 Å². The van der Waals surface area contributed by atoms with Crippen LogP contribution in [-0.2, 0) is 24.6 Å². The molecule has 8 nitrogen and oxygen atoms in total. The molecule has 11 heteroatoms. The number of halogens is 1. The van der Waals surface area contributed by atoms with Crippen LogP contribution in [0.1, 0.15) is 10.4 Å². The molecule has 0 spiro atoms. The summed E-state index contributed by atoms with van der Waals surface area (Å²) in [6.45, 7) is 0.871. The molecule has 0 saturated carbocycles. The van der Waals surface area contributed by atoms with Gasteiger partial charge in [0.05, 0.1) is 28.6 Å². The molecule has 1 fully saturated rings. The van der Waals surface area contributed by atoms with E-state index < -0.39 is 37.1 Å². The molecule has 29 heavy (non-hydrogen) atoms. The number of nitrogens with one attached hydrogen (secondary N) is 1. The smallest absolute Gasteiger partial charge is 0.258 e. The van der Waals surface area contributed by atoms with Crippen molar-refractivity contribution in [2.45, 2.75) is 9.79 Å². The standard InChI is InChI=1S/C18H19FN2O6S2/c1-28(23,24)14-4-2-13(3-5-14)20-18(22)16-12-15(6-7-17(16)19)29(25,26)21-8-10-27-11-9-21/h2-7,12H,8-11H2,1H3,(H,20,22). The SMILES string of the molecule is CS(=O)(=O)c1ccc(NC(=O)c2cc(S(=O)(=O)N3CCOCC3)ccc2F)cc1. The predicted molar refractivity (Wildman–Crippen MR) is 103 cm³/mol. The summed E-state index contributed by atoms with van der Waals surface area (Å²) < 4.78 is 69.0. The maximum absolute atomic E-state index is 14.2. The van der Waals surface area contributed by atoms with Crippen LogP contribution in [0.2, 0.25) is 0 Å². The monoisotopic (exact) mass is 442 g/mol. The number of morpholine rings is 1. The summed E-state index contributed by atoms with van der Waals surface area (Å²) in [5.41, 5.74) is -0.199. The summed E-state index contributed by atoms with van der Waals surface area (Å²) in [7, 11) is -7.28. The van der Waals surface area contributed by atoms with Gasteiger partial charge in [0.15, 0.2) is 9.84 Å². The molecule has 1 amide bonds. The molecular formula is C18H19FN2O6S2. The van der Waals surface area contributed by atoms with Crippen molar-refractivity contribution in [2.24, 2.45) is 0 Å². The number of anilines is 1. The second kappa shape index (κ2) is 8.19. The third-order valence-electron chi connectivity index (χ3n) is 4.33. The summed E-state index contributed by atoms with van der Waals surface area (Å²) in [6.07, 6.45) is 1.05. The Labute approximate surface area is 168 Å². The van der Waals surface area contributed by atoms with Crippen molar-refractivity contribution in [3.8, 4) is 0 Å². The van der Waals surface area contributed by atoms with E-state index >= 15 is 0 Å². The Hall–Kier alpha value is -2.34. The Balaban J connectivity index is 1.85. The van der Waals surface area contributed by atoms with E-state index in [0.29, 0.717) is 0 Å². The van der Waals surface area contributed by atoms with E-state index in [1.807, 2.05) is 0 Å². The normalized spacial score (nSPS) is 15.8. The lowest BCUT2D eigenvalue weighted by Gasteiger charge is -2.26. The lowest BCUT2D eigenvalue weighted by molar-refractivity contribution is 0.0730. The maximum atomic E-state index is 14.2. The van der Waals surface area contributed by atoms with E-state index in [-0.39, 0.29) is 41.8 Å². The summed E-state index contributed by atoms with van der Waals surface area (Å²) in [5.74, 6) is -1.73. The Morgan fingerprint density at radius 1 is 1.00 bits per heavy atom. The molecule has 3 rings (SSSR count). The van der Waals surface area contributed by atoms with Gasteiger partial charge in [0.2, 0.25) is 10.0 Å². The lowest BCUT2D eigenvalue weighted by Crippen LogP contribution is -2.40. The van der Waals surface area contributed by atoms with Gasteiger partial charge in [-0.2, -0.15) is 4.31 Å².